The molecule has 0 aromatic carbocycles. The molecule has 0 bridgehead atoms. The average Bonchev–Trinajstić information content (AvgIpc) is 2.84. The molecule has 1 aromatic heterocycles. The number of aromatic carboxylic acids is 1. The van der Waals surface area contributed by atoms with E-state index in [0.717, 1.165) is 6.26 Å². The number of carboxylic acid groups (broad SMARTS) is 1. The average molecular weight is 250 g/mol. The molecule has 0 aliphatic heterocycles. The normalized spacial score (nSPS) is 11.6. The van der Waals surface area contributed by atoms with Gasteiger partial charge in [-0.15, -0.1) is 0 Å². The molecule has 1 aromatic rings. The fourth-order valence-electron chi connectivity index (χ4n) is 1.44. The third-order valence-corrected chi connectivity index (χ3v) is 2.44. The van der Waals surface area contributed by atoms with Gasteiger partial charge in [0.15, 0.2) is 5.76 Å². The maximum Gasteiger partial charge on any atom is 0.338 e. The van der Waals surface area contributed by atoms with E-state index >= 15 is 0 Å². The van der Waals surface area contributed by atoms with Crippen LogP contribution in [0.4, 0.5) is 0 Å². The minimum atomic E-state index is -1.15. The molecular formula is C12H14N2O4. The Morgan fingerprint density at radius 1 is 1.61 bits per heavy atom. The lowest BCUT2D eigenvalue weighted by Gasteiger charge is -2.20. The fraction of sp³-hybridized carbons (Fsp3) is 0.417. The van der Waals surface area contributed by atoms with Crippen molar-refractivity contribution in [2.75, 3.05) is 13.1 Å². The molecule has 1 N–H and O–H groups in total. The minimum absolute atomic E-state index is 0.0283. The first-order chi connectivity index (χ1) is 8.49. The third kappa shape index (κ3) is 3.10. The summed E-state index contributed by atoms with van der Waals surface area (Å²) in [5, 5.41) is 17.5. The van der Waals surface area contributed by atoms with Crippen molar-refractivity contribution >= 4 is 11.9 Å². The van der Waals surface area contributed by atoms with E-state index in [-0.39, 0.29) is 23.8 Å². The van der Waals surface area contributed by atoms with Crippen LogP contribution in [0, 0.1) is 17.2 Å². The van der Waals surface area contributed by atoms with E-state index in [9.17, 15) is 9.59 Å². The van der Waals surface area contributed by atoms with Crippen LogP contribution in [0.2, 0.25) is 0 Å². The van der Waals surface area contributed by atoms with Gasteiger partial charge in [0.25, 0.3) is 5.91 Å². The summed E-state index contributed by atoms with van der Waals surface area (Å²) >= 11 is 0. The molecule has 0 saturated carbocycles. The van der Waals surface area contributed by atoms with E-state index in [4.69, 9.17) is 14.8 Å². The van der Waals surface area contributed by atoms with Crippen LogP contribution < -0.4 is 0 Å². The number of hydrogen-bond acceptors (Lipinski definition) is 4. The van der Waals surface area contributed by atoms with Crippen molar-refractivity contribution < 1.29 is 19.1 Å². The lowest BCUT2D eigenvalue weighted by Crippen LogP contribution is -2.34. The van der Waals surface area contributed by atoms with Crippen molar-refractivity contribution in [3.8, 4) is 6.07 Å². The Hall–Kier alpha value is -2.29. The van der Waals surface area contributed by atoms with Crippen LogP contribution in [0.1, 0.15) is 34.8 Å². The summed E-state index contributed by atoms with van der Waals surface area (Å²) in [5.74, 6) is -1.87. The maximum absolute atomic E-state index is 12.0. The van der Waals surface area contributed by atoms with E-state index in [2.05, 4.69) is 0 Å². The predicted molar refractivity (Wildman–Crippen MR) is 62.0 cm³/mol. The number of carboxylic acids is 1. The van der Waals surface area contributed by atoms with Crippen LogP contribution in [0.5, 0.6) is 0 Å². The van der Waals surface area contributed by atoms with Crippen molar-refractivity contribution in [1.82, 2.24) is 4.90 Å². The quantitative estimate of drug-likeness (QED) is 0.856. The predicted octanol–water partition coefficient (Wildman–Crippen LogP) is 1.60. The first-order valence-electron chi connectivity index (χ1n) is 5.50. The van der Waals surface area contributed by atoms with Crippen molar-refractivity contribution in [2.45, 2.75) is 13.8 Å². The van der Waals surface area contributed by atoms with Crippen LogP contribution in [0.15, 0.2) is 16.7 Å². The van der Waals surface area contributed by atoms with E-state index in [1.54, 1.807) is 13.8 Å². The van der Waals surface area contributed by atoms with Gasteiger partial charge in [-0.25, -0.2) is 4.79 Å². The standard InChI is InChI=1S/C12H14N2O4/c1-3-14(6-8(2)5-13)11(15)10-4-9(7-18-10)12(16)17/h4,7-8H,3,6H2,1-2H3,(H,16,17). The molecule has 6 heteroatoms. The second-order valence-corrected chi connectivity index (χ2v) is 3.88. The van der Waals surface area contributed by atoms with Crippen LogP contribution in [-0.2, 0) is 0 Å². The summed E-state index contributed by atoms with van der Waals surface area (Å²) in [6, 6.07) is 3.23. The van der Waals surface area contributed by atoms with Crippen LogP contribution >= 0.6 is 0 Å². The molecule has 1 heterocycles. The Bertz CT molecular complexity index is 487. The molecule has 0 fully saturated rings. The van der Waals surface area contributed by atoms with Crippen molar-refractivity contribution in [3.63, 3.8) is 0 Å². The Morgan fingerprint density at radius 3 is 2.72 bits per heavy atom. The van der Waals surface area contributed by atoms with Gasteiger partial charge in [-0.1, -0.05) is 0 Å². The molecule has 1 atom stereocenters. The van der Waals surface area contributed by atoms with Crippen molar-refractivity contribution in [3.05, 3.63) is 23.7 Å². The van der Waals surface area contributed by atoms with Gasteiger partial charge in [0.2, 0.25) is 0 Å². The SMILES string of the molecule is CCN(CC(C)C#N)C(=O)c1cc(C(=O)O)co1. The fourth-order valence-corrected chi connectivity index (χ4v) is 1.44. The smallest absolute Gasteiger partial charge is 0.338 e. The molecule has 0 radical (unpaired) electrons. The summed E-state index contributed by atoms with van der Waals surface area (Å²) in [6.45, 7) is 4.20. The summed E-state index contributed by atoms with van der Waals surface area (Å²) in [5.41, 5.74) is -0.0669. The molecule has 1 amide bonds. The van der Waals surface area contributed by atoms with Gasteiger partial charge >= 0.3 is 5.97 Å². The van der Waals surface area contributed by atoms with E-state index in [1.807, 2.05) is 6.07 Å². The number of amides is 1. The zero-order valence-corrected chi connectivity index (χ0v) is 10.2. The first kappa shape index (κ1) is 13.8. The monoisotopic (exact) mass is 250 g/mol. The topological polar surface area (TPSA) is 94.5 Å². The largest absolute Gasteiger partial charge is 0.478 e. The first-order valence-corrected chi connectivity index (χ1v) is 5.50. The summed E-state index contributed by atoms with van der Waals surface area (Å²) in [4.78, 5) is 24.1. The van der Waals surface area contributed by atoms with Gasteiger partial charge < -0.3 is 14.4 Å². The molecule has 0 spiro atoms. The van der Waals surface area contributed by atoms with Gasteiger partial charge in [-0.05, 0) is 13.8 Å². The van der Waals surface area contributed by atoms with E-state index in [0.29, 0.717) is 6.54 Å². The number of rotatable bonds is 5. The molecule has 18 heavy (non-hydrogen) atoms. The van der Waals surface area contributed by atoms with Crippen LogP contribution in [0.3, 0.4) is 0 Å². The van der Waals surface area contributed by atoms with Gasteiger partial charge in [-0.3, -0.25) is 4.79 Å². The van der Waals surface area contributed by atoms with Gasteiger partial charge in [0.05, 0.1) is 17.6 Å². The second kappa shape index (κ2) is 5.87. The summed E-state index contributed by atoms with van der Waals surface area (Å²) < 4.78 is 4.93. The van der Waals surface area contributed by atoms with Crippen LogP contribution in [-0.4, -0.2) is 35.0 Å². The molecule has 1 unspecified atom stereocenters. The number of carbonyl (C=O) groups is 2. The number of nitriles is 1. The summed E-state index contributed by atoms with van der Waals surface area (Å²) in [6.07, 6.45) is 1.02. The molecule has 96 valence electrons. The minimum Gasteiger partial charge on any atom is -0.478 e. The van der Waals surface area contributed by atoms with Crippen LogP contribution in [0.25, 0.3) is 0 Å². The van der Waals surface area contributed by atoms with E-state index < -0.39 is 11.9 Å². The number of nitrogens with zero attached hydrogens (tertiary/aromatic N) is 2. The highest BCUT2D eigenvalue weighted by Crippen LogP contribution is 2.12. The Balaban J connectivity index is 2.83. The summed E-state index contributed by atoms with van der Waals surface area (Å²) in [7, 11) is 0. The molecule has 0 aliphatic rings. The molecule has 0 saturated heterocycles. The molecule has 0 aliphatic carbocycles. The van der Waals surface area contributed by atoms with Gasteiger partial charge in [0.1, 0.15) is 6.26 Å². The highest BCUT2D eigenvalue weighted by molar-refractivity contribution is 5.95. The Kier molecular flexibility index (Phi) is 4.49. The van der Waals surface area contributed by atoms with Gasteiger partial charge in [0, 0.05) is 19.2 Å². The zero-order chi connectivity index (χ0) is 13.7. The lowest BCUT2D eigenvalue weighted by molar-refractivity contribution is 0.0693. The second-order valence-electron chi connectivity index (χ2n) is 3.88. The molecular weight excluding hydrogens is 236 g/mol. The van der Waals surface area contributed by atoms with Gasteiger partial charge in [-0.2, -0.15) is 5.26 Å². The Labute approximate surface area is 104 Å². The lowest BCUT2D eigenvalue weighted by atomic mass is 10.2. The molecule has 6 nitrogen and oxygen atoms in total. The van der Waals surface area contributed by atoms with Crippen molar-refractivity contribution in [1.29, 1.82) is 5.26 Å². The number of carbonyl (C=O) groups excluding carboxylic acids is 1. The number of furan rings is 1. The zero-order valence-electron chi connectivity index (χ0n) is 10.2. The van der Waals surface area contributed by atoms with E-state index in [1.165, 1.54) is 11.0 Å². The van der Waals surface area contributed by atoms with Crippen molar-refractivity contribution in [2.24, 2.45) is 5.92 Å². The highest BCUT2D eigenvalue weighted by atomic mass is 16.4. The Morgan fingerprint density at radius 2 is 2.28 bits per heavy atom. The number of hydrogen-bond donors (Lipinski definition) is 1. The maximum atomic E-state index is 12.0. The third-order valence-electron chi connectivity index (χ3n) is 2.44. The molecule has 1 rings (SSSR count). The highest BCUT2D eigenvalue weighted by Gasteiger charge is 2.21.